The first-order chi connectivity index (χ1) is 7.13. The van der Waals surface area contributed by atoms with Gasteiger partial charge in [-0.15, -0.1) is 6.58 Å². The number of aryl methyl sites for hydroxylation is 1. The molecule has 0 unspecified atom stereocenters. The van der Waals surface area contributed by atoms with Crippen molar-refractivity contribution < 1.29 is 9.84 Å². The van der Waals surface area contributed by atoms with Crippen molar-refractivity contribution in [3.8, 4) is 6.01 Å². The highest BCUT2D eigenvalue weighted by Gasteiger charge is 2.02. The molecule has 1 aromatic heterocycles. The maximum atomic E-state index is 8.93. The molecule has 0 saturated heterocycles. The Bertz CT molecular complexity index is 350. The molecule has 15 heavy (non-hydrogen) atoms. The summed E-state index contributed by atoms with van der Waals surface area (Å²) >= 11 is 0. The maximum absolute atomic E-state index is 8.93. The van der Waals surface area contributed by atoms with Crippen LogP contribution < -0.4 is 4.74 Å². The van der Waals surface area contributed by atoms with Gasteiger partial charge in [-0.05, 0) is 13.8 Å². The second-order valence-electron chi connectivity index (χ2n) is 3.48. The molecule has 1 aromatic rings. The summed E-state index contributed by atoms with van der Waals surface area (Å²) < 4.78 is 5.33. The van der Waals surface area contributed by atoms with Crippen LogP contribution >= 0.6 is 0 Å². The van der Waals surface area contributed by atoms with E-state index in [4.69, 9.17) is 9.84 Å². The summed E-state index contributed by atoms with van der Waals surface area (Å²) in [6.45, 7) is 8.04. The van der Waals surface area contributed by atoms with Gasteiger partial charge in [0.15, 0.2) is 0 Å². The minimum Gasteiger partial charge on any atom is -0.463 e. The molecule has 0 amide bonds. The Morgan fingerprint density at radius 1 is 1.60 bits per heavy atom. The molecular weight excluding hydrogens is 192 g/mol. The van der Waals surface area contributed by atoms with Crippen molar-refractivity contribution in [2.45, 2.75) is 26.9 Å². The van der Waals surface area contributed by atoms with Gasteiger partial charge >= 0.3 is 6.01 Å². The molecule has 0 aliphatic rings. The van der Waals surface area contributed by atoms with E-state index in [0.29, 0.717) is 12.6 Å². The van der Waals surface area contributed by atoms with Gasteiger partial charge in [-0.25, -0.2) is 9.97 Å². The zero-order valence-corrected chi connectivity index (χ0v) is 9.16. The maximum Gasteiger partial charge on any atom is 0.316 e. The predicted molar refractivity (Wildman–Crippen MR) is 57.6 cm³/mol. The number of hydrogen-bond donors (Lipinski definition) is 1. The van der Waals surface area contributed by atoms with E-state index < -0.39 is 0 Å². The molecule has 4 nitrogen and oxygen atoms in total. The van der Waals surface area contributed by atoms with E-state index in [0.717, 1.165) is 23.3 Å². The minimum absolute atomic E-state index is 0.0438. The van der Waals surface area contributed by atoms with Gasteiger partial charge in [0, 0.05) is 18.2 Å². The lowest BCUT2D eigenvalue weighted by molar-refractivity contribution is 0.274. The summed E-state index contributed by atoms with van der Waals surface area (Å²) in [5, 5.41) is 8.93. The Hall–Kier alpha value is -1.42. The van der Waals surface area contributed by atoms with Crippen LogP contribution in [0.4, 0.5) is 0 Å². The second kappa shape index (κ2) is 5.46. The third-order valence-electron chi connectivity index (χ3n) is 1.99. The second-order valence-corrected chi connectivity index (χ2v) is 3.48. The number of nitrogens with zero attached hydrogens (tertiary/aromatic N) is 2. The molecule has 0 saturated carbocycles. The zero-order chi connectivity index (χ0) is 11.3. The Balaban J connectivity index is 2.55. The number of hydrogen-bond acceptors (Lipinski definition) is 4. The van der Waals surface area contributed by atoms with E-state index in [1.165, 1.54) is 0 Å². The van der Waals surface area contributed by atoms with Gasteiger partial charge in [0.1, 0.15) is 0 Å². The fourth-order valence-corrected chi connectivity index (χ4v) is 1.01. The molecule has 0 bridgehead atoms. The number of aromatic nitrogens is 2. The summed E-state index contributed by atoms with van der Waals surface area (Å²) in [4.78, 5) is 8.10. The first-order valence-corrected chi connectivity index (χ1v) is 4.84. The Morgan fingerprint density at radius 2 is 2.33 bits per heavy atom. The summed E-state index contributed by atoms with van der Waals surface area (Å²) in [5.41, 5.74) is 2.54. The van der Waals surface area contributed by atoms with Crippen LogP contribution in [0.25, 0.3) is 0 Å². The van der Waals surface area contributed by atoms with Crippen LogP contribution in [0.3, 0.4) is 0 Å². The van der Waals surface area contributed by atoms with Gasteiger partial charge in [0.05, 0.1) is 18.9 Å². The van der Waals surface area contributed by atoms with Crippen LogP contribution in [0.15, 0.2) is 18.3 Å². The summed E-state index contributed by atoms with van der Waals surface area (Å²) in [6.07, 6.45) is 2.38. The van der Waals surface area contributed by atoms with Crippen molar-refractivity contribution in [2.24, 2.45) is 0 Å². The van der Waals surface area contributed by atoms with Gasteiger partial charge in [-0.1, -0.05) is 5.57 Å². The lowest BCUT2D eigenvalue weighted by atomic mass is 10.2. The highest BCUT2D eigenvalue weighted by Crippen LogP contribution is 2.09. The summed E-state index contributed by atoms with van der Waals surface area (Å²) in [7, 11) is 0. The molecule has 0 aliphatic heterocycles. The average Bonchev–Trinajstić information content (AvgIpc) is 2.17. The Morgan fingerprint density at radius 3 is 2.87 bits per heavy atom. The SMILES string of the molecule is C=C(C)CCOc1ncc(CO)c(C)n1. The normalized spacial score (nSPS) is 10.1. The summed E-state index contributed by atoms with van der Waals surface area (Å²) in [5.74, 6) is 0. The fraction of sp³-hybridized carbons (Fsp3) is 0.455. The van der Waals surface area contributed by atoms with E-state index in [2.05, 4.69) is 16.5 Å². The van der Waals surface area contributed by atoms with Crippen LogP contribution in [-0.2, 0) is 6.61 Å². The van der Waals surface area contributed by atoms with Crippen LogP contribution in [0.1, 0.15) is 24.6 Å². The molecular formula is C11H16N2O2. The van der Waals surface area contributed by atoms with E-state index in [1.54, 1.807) is 6.20 Å². The van der Waals surface area contributed by atoms with Crippen molar-refractivity contribution in [3.05, 3.63) is 29.6 Å². The highest BCUT2D eigenvalue weighted by atomic mass is 16.5. The van der Waals surface area contributed by atoms with Gasteiger partial charge in [0.2, 0.25) is 0 Å². The number of aliphatic hydroxyl groups is 1. The van der Waals surface area contributed by atoms with Crippen molar-refractivity contribution in [3.63, 3.8) is 0 Å². The van der Waals surface area contributed by atoms with Crippen molar-refractivity contribution >= 4 is 0 Å². The highest BCUT2D eigenvalue weighted by molar-refractivity contribution is 5.16. The van der Waals surface area contributed by atoms with Gasteiger partial charge in [0.25, 0.3) is 0 Å². The van der Waals surface area contributed by atoms with Crippen LogP contribution in [-0.4, -0.2) is 21.7 Å². The standard InChI is InChI=1S/C11H16N2O2/c1-8(2)4-5-15-11-12-6-10(7-14)9(3)13-11/h6,14H,1,4-5,7H2,2-3H3. The van der Waals surface area contributed by atoms with Crippen molar-refractivity contribution in [1.82, 2.24) is 9.97 Å². The van der Waals surface area contributed by atoms with Crippen LogP contribution in [0, 0.1) is 6.92 Å². The molecule has 1 heterocycles. The van der Waals surface area contributed by atoms with E-state index in [9.17, 15) is 0 Å². The Kier molecular flexibility index (Phi) is 4.24. The molecule has 1 rings (SSSR count). The number of ether oxygens (including phenoxy) is 1. The van der Waals surface area contributed by atoms with Gasteiger partial charge in [-0.2, -0.15) is 0 Å². The molecule has 0 radical (unpaired) electrons. The van der Waals surface area contributed by atoms with Crippen molar-refractivity contribution in [2.75, 3.05) is 6.61 Å². The summed E-state index contributed by atoms with van der Waals surface area (Å²) in [6, 6.07) is 0.353. The molecule has 0 aromatic carbocycles. The molecule has 1 N–H and O–H groups in total. The van der Waals surface area contributed by atoms with Crippen LogP contribution in [0.2, 0.25) is 0 Å². The monoisotopic (exact) mass is 208 g/mol. The number of aliphatic hydroxyl groups excluding tert-OH is 1. The molecule has 0 atom stereocenters. The van der Waals surface area contributed by atoms with Crippen molar-refractivity contribution in [1.29, 1.82) is 0 Å². The molecule has 0 fully saturated rings. The minimum atomic E-state index is -0.0438. The topological polar surface area (TPSA) is 55.2 Å². The quantitative estimate of drug-likeness (QED) is 0.747. The smallest absolute Gasteiger partial charge is 0.316 e. The van der Waals surface area contributed by atoms with E-state index in [1.807, 2.05) is 13.8 Å². The Labute approximate surface area is 89.6 Å². The predicted octanol–water partition coefficient (Wildman–Crippen LogP) is 1.62. The molecule has 0 aliphatic carbocycles. The van der Waals surface area contributed by atoms with E-state index in [-0.39, 0.29) is 6.61 Å². The van der Waals surface area contributed by atoms with E-state index >= 15 is 0 Å². The first kappa shape index (κ1) is 11.7. The largest absolute Gasteiger partial charge is 0.463 e. The molecule has 4 heteroatoms. The first-order valence-electron chi connectivity index (χ1n) is 4.84. The lowest BCUT2D eigenvalue weighted by Crippen LogP contribution is -2.04. The molecule has 0 spiro atoms. The third kappa shape index (κ3) is 3.67. The fourth-order valence-electron chi connectivity index (χ4n) is 1.01. The van der Waals surface area contributed by atoms with Gasteiger partial charge < -0.3 is 9.84 Å². The van der Waals surface area contributed by atoms with Gasteiger partial charge in [-0.3, -0.25) is 0 Å². The lowest BCUT2D eigenvalue weighted by Gasteiger charge is -2.06. The van der Waals surface area contributed by atoms with Crippen LogP contribution in [0.5, 0.6) is 6.01 Å². The third-order valence-corrected chi connectivity index (χ3v) is 1.99. The zero-order valence-electron chi connectivity index (χ0n) is 9.16. The molecule has 82 valence electrons. The number of rotatable bonds is 5. The average molecular weight is 208 g/mol.